The Bertz CT molecular complexity index is 365. The second-order valence-electron chi connectivity index (χ2n) is 3.15. The van der Waals surface area contributed by atoms with Crippen molar-refractivity contribution in [1.29, 1.82) is 0 Å². The molecular formula is C9H8ClF5IN. The molecule has 1 rings (SSSR count). The molecule has 0 radical (unpaired) electrons. The molecular weight excluding hydrogens is 379 g/mol. The van der Waals surface area contributed by atoms with E-state index in [1.165, 1.54) is 12.1 Å². The van der Waals surface area contributed by atoms with Crippen LogP contribution in [0.4, 0.5) is 22.0 Å². The molecule has 0 aliphatic heterocycles. The van der Waals surface area contributed by atoms with Gasteiger partial charge in [-0.05, 0) is 40.3 Å². The number of rotatable bonds is 2. The van der Waals surface area contributed by atoms with Gasteiger partial charge in [0.15, 0.2) is 0 Å². The van der Waals surface area contributed by atoms with Crippen molar-refractivity contribution in [3.8, 4) is 0 Å². The normalized spacial score (nSPS) is 14.1. The van der Waals surface area contributed by atoms with Crippen molar-refractivity contribution in [3.05, 3.63) is 33.4 Å². The molecule has 0 heterocycles. The Morgan fingerprint density at radius 3 is 1.76 bits per heavy atom. The molecule has 1 atom stereocenters. The van der Waals surface area contributed by atoms with Crippen molar-refractivity contribution < 1.29 is 22.0 Å². The third kappa shape index (κ3) is 3.65. The van der Waals surface area contributed by atoms with E-state index in [2.05, 4.69) is 0 Å². The zero-order valence-corrected chi connectivity index (χ0v) is 11.1. The predicted molar refractivity (Wildman–Crippen MR) is 64.3 cm³/mol. The first kappa shape index (κ1) is 16.9. The highest BCUT2D eigenvalue weighted by atomic mass is 127. The van der Waals surface area contributed by atoms with Crippen molar-refractivity contribution in [2.75, 3.05) is 0 Å². The van der Waals surface area contributed by atoms with Gasteiger partial charge < -0.3 is 5.73 Å². The van der Waals surface area contributed by atoms with E-state index in [1.807, 2.05) is 22.6 Å². The molecule has 0 unspecified atom stereocenters. The van der Waals surface area contributed by atoms with Gasteiger partial charge in [-0.25, -0.2) is 0 Å². The second kappa shape index (κ2) is 5.66. The van der Waals surface area contributed by atoms with Crippen LogP contribution in [-0.2, 0) is 0 Å². The zero-order valence-electron chi connectivity index (χ0n) is 8.14. The fraction of sp³-hybridized carbons (Fsp3) is 0.333. The molecule has 1 nitrogen and oxygen atoms in total. The van der Waals surface area contributed by atoms with Gasteiger partial charge >= 0.3 is 12.1 Å². The first-order valence-corrected chi connectivity index (χ1v) is 5.19. The molecule has 0 saturated heterocycles. The summed E-state index contributed by atoms with van der Waals surface area (Å²) in [6.07, 6.45) is -5.64. The fourth-order valence-electron chi connectivity index (χ4n) is 1.06. The Morgan fingerprint density at radius 1 is 1.00 bits per heavy atom. The maximum absolute atomic E-state index is 12.9. The molecule has 1 aromatic carbocycles. The van der Waals surface area contributed by atoms with Crippen LogP contribution in [0, 0.1) is 3.57 Å². The van der Waals surface area contributed by atoms with E-state index in [-0.39, 0.29) is 18.0 Å². The number of halogens is 7. The lowest BCUT2D eigenvalue weighted by Gasteiger charge is -2.25. The third-order valence-corrected chi connectivity index (χ3v) is 2.72. The quantitative estimate of drug-likeness (QED) is 0.604. The number of nitrogens with two attached hydrogens (primary N) is 1. The molecule has 0 aliphatic rings. The van der Waals surface area contributed by atoms with Crippen LogP contribution >= 0.6 is 35.0 Å². The first-order chi connectivity index (χ1) is 7.16. The van der Waals surface area contributed by atoms with Crippen molar-refractivity contribution in [2.45, 2.75) is 18.1 Å². The molecule has 0 amide bonds. The average molecular weight is 388 g/mol. The van der Waals surface area contributed by atoms with Crippen LogP contribution in [0.2, 0.25) is 0 Å². The third-order valence-electron chi connectivity index (χ3n) is 2.00. The monoisotopic (exact) mass is 387 g/mol. The number of alkyl halides is 5. The summed E-state index contributed by atoms with van der Waals surface area (Å²) in [6, 6.07) is 2.77. The topological polar surface area (TPSA) is 26.0 Å². The van der Waals surface area contributed by atoms with E-state index in [1.54, 1.807) is 0 Å². The molecule has 17 heavy (non-hydrogen) atoms. The standard InChI is InChI=1S/C9H7F5IN.ClH/c10-8(11,9(12,13)14)7(16)5-1-3-6(15)4-2-5;/h1-4,7H,16H2;1H/t7-;/m0./s1. The molecule has 0 aliphatic carbocycles. The zero-order chi connectivity index (χ0) is 12.6. The Hall–Kier alpha value is -0.150. The van der Waals surface area contributed by atoms with Gasteiger partial charge in [-0.1, -0.05) is 12.1 Å². The van der Waals surface area contributed by atoms with E-state index in [0.717, 1.165) is 15.7 Å². The Balaban J connectivity index is 0.00000256. The lowest BCUT2D eigenvalue weighted by molar-refractivity contribution is -0.291. The van der Waals surface area contributed by atoms with Crippen LogP contribution in [0.15, 0.2) is 24.3 Å². The first-order valence-electron chi connectivity index (χ1n) is 4.12. The number of hydrogen-bond acceptors (Lipinski definition) is 1. The van der Waals surface area contributed by atoms with Crippen LogP contribution in [0.3, 0.4) is 0 Å². The largest absolute Gasteiger partial charge is 0.455 e. The minimum absolute atomic E-state index is 0. The van der Waals surface area contributed by atoms with Crippen molar-refractivity contribution in [3.63, 3.8) is 0 Å². The summed E-state index contributed by atoms with van der Waals surface area (Å²) >= 11 is 1.91. The summed E-state index contributed by atoms with van der Waals surface area (Å²) in [7, 11) is 0. The maximum Gasteiger partial charge on any atom is 0.455 e. The van der Waals surface area contributed by atoms with E-state index in [0.29, 0.717) is 0 Å². The van der Waals surface area contributed by atoms with Crippen LogP contribution in [0.5, 0.6) is 0 Å². The highest BCUT2D eigenvalue weighted by Gasteiger charge is 2.61. The Kier molecular flexibility index (Phi) is 5.61. The van der Waals surface area contributed by atoms with Crippen LogP contribution in [0.25, 0.3) is 0 Å². The molecule has 2 N–H and O–H groups in total. The van der Waals surface area contributed by atoms with Crippen molar-refractivity contribution >= 4 is 35.0 Å². The Morgan fingerprint density at radius 2 is 1.41 bits per heavy atom. The summed E-state index contributed by atoms with van der Waals surface area (Å²) < 4.78 is 62.5. The molecule has 0 spiro atoms. The summed E-state index contributed by atoms with van der Waals surface area (Å²) in [5.74, 6) is -4.93. The van der Waals surface area contributed by atoms with Gasteiger partial charge in [0, 0.05) is 3.57 Å². The lowest BCUT2D eigenvalue weighted by atomic mass is 10.0. The summed E-state index contributed by atoms with van der Waals surface area (Å²) in [6.45, 7) is 0. The minimum Gasteiger partial charge on any atom is -0.319 e. The second-order valence-corrected chi connectivity index (χ2v) is 4.40. The highest BCUT2D eigenvalue weighted by molar-refractivity contribution is 14.1. The summed E-state index contributed by atoms with van der Waals surface area (Å²) in [4.78, 5) is 0. The summed E-state index contributed by atoms with van der Waals surface area (Å²) in [5, 5.41) is 0. The molecule has 98 valence electrons. The van der Waals surface area contributed by atoms with Gasteiger partial charge in [0.1, 0.15) is 6.04 Å². The van der Waals surface area contributed by atoms with Crippen LogP contribution < -0.4 is 5.73 Å². The van der Waals surface area contributed by atoms with Gasteiger partial charge in [-0.15, -0.1) is 12.4 Å². The van der Waals surface area contributed by atoms with Gasteiger partial charge in [0.2, 0.25) is 0 Å². The summed E-state index contributed by atoms with van der Waals surface area (Å²) in [5.41, 5.74) is 4.69. The SMILES string of the molecule is Cl.N[C@@H](c1ccc(I)cc1)C(F)(F)C(F)(F)F. The Labute approximate surface area is 114 Å². The maximum atomic E-state index is 12.9. The van der Waals surface area contributed by atoms with E-state index >= 15 is 0 Å². The fourth-order valence-corrected chi connectivity index (χ4v) is 1.42. The molecule has 0 fully saturated rings. The lowest BCUT2D eigenvalue weighted by Crippen LogP contribution is -2.45. The van der Waals surface area contributed by atoms with Gasteiger partial charge in [-0.3, -0.25) is 0 Å². The molecule has 0 saturated carbocycles. The number of benzene rings is 1. The van der Waals surface area contributed by atoms with Crippen molar-refractivity contribution in [2.24, 2.45) is 5.73 Å². The van der Waals surface area contributed by atoms with Gasteiger partial charge in [0.05, 0.1) is 0 Å². The molecule has 8 heteroatoms. The molecule has 0 aromatic heterocycles. The average Bonchev–Trinajstić information content (AvgIpc) is 2.16. The van der Waals surface area contributed by atoms with E-state index < -0.39 is 18.1 Å². The van der Waals surface area contributed by atoms with Crippen molar-refractivity contribution in [1.82, 2.24) is 0 Å². The van der Waals surface area contributed by atoms with Gasteiger partial charge in [-0.2, -0.15) is 22.0 Å². The van der Waals surface area contributed by atoms with E-state index in [4.69, 9.17) is 5.73 Å². The highest BCUT2D eigenvalue weighted by Crippen LogP contribution is 2.43. The van der Waals surface area contributed by atoms with Gasteiger partial charge in [0.25, 0.3) is 0 Å². The minimum atomic E-state index is -5.64. The molecule has 1 aromatic rings. The predicted octanol–water partition coefficient (Wildman–Crippen LogP) is 3.91. The number of hydrogen-bond donors (Lipinski definition) is 1. The van der Waals surface area contributed by atoms with Crippen LogP contribution in [0.1, 0.15) is 11.6 Å². The van der Waals surface area contributed by atoms with Crippen LogP contribution in [-0.4, -0.2) is 12.1 Å². The van der Waals surface area contributed by atoms with E-state index in [9.17, 15) is 22.0 Å². The smallest absolute Gasteiger partial charge is 0.319 e. The molecule has 0 bridgehead atoms.